The van der Waals surface area contributed by atoms with E-state index in [4.69, 9.17) is 0 Å². The second-order valence-electron chi connectivity index (χ2n) is 3.81. The second-order valence-corrected chi connectivity index (χ2v) is 3.81. The van der Waals surface area contributed by atoms with Crippen molar-refractivity contribution in [2.24, 2.45) is 0 Å². The molecule has 4 heteroatoms. The summed E-state index contributed by atoms with van der Waals surface area (Å²) in [7, 11) is 0. The van der Waals surface area contributed by atoms with Crippen molar-refractivity contribution >= 4 is 17.9 Å². The van der Waals surface area contributed by atoms with Gasteiger partial charge in [0.2, 0.25) is 5.91 Å². The van der Waals surface area contributed by atoms with Crippen LogP contribution >= 0.6 is 0 Å². The molecule has 0 bridgehead atoms. The second kappa shape index (κ2) is 4.79. The Labute approximate surface area is 94.2 Å². The molecule has 0 aromatic heterocycles. The number of carbonyl (C=O) groups is 2. The van der Waals surface area contributed by atoms with E-state index in [1.54, 1.807) is 0 Å². The third kappa shape index (κ3) is 2.39. The van der Waals surface area contributed by atoms with E-state index in [1.165, 1.54) is 0 Å². The van der Waals surface area contributed by atoms with Crippen LogP contribution in [0.4, 0.5) is 5.69 Å². The van der Waals surface area contributed by atoms with Crippen molar-refractivity contribution in [2.45, 2.75) is 19.3 Å². The average Bonchev–Trinajstić information content (AvgIpc) is 2.74. The molecule has 1 aliphatic rings. The first-order valence-corrected chi connectivity index (χ1v) is 5.39. The smallest absolute Gasteiger partial charge is 0.240 e. The Morgan fingerprint density at radius 1 is 1.31 bits per heavy atom. The van der Waals surface area contributed by atoms with E-state index in [-0.39, 0.29) is 5.91 Å². The maximum Gasteiger partial charge on any atom is 0.240 e. The van der Waals surface area contributed by atoms with E-state index >= 15 is 0 Å². The number of aryl methyl sites for hydroxylation is 1. The topological polar surface area (TPSA) is 49.4 Å². The van der Waals surface area contributed by atoms with Crippen molar-refractivity contribution in [3.8, 4) is 0 Å². The number of benzene rings is 1. The van der Waals surface area contributed by atoms with Gasteiger partial charge in [0.05, 0.1) is 5.69 Å². The van der Waals surface area contributed by atoms with Crippen LogP contribution in [0.1, 0.15) is 18.4 Å². The van der Waals surface area contributed by atoms with Crippen molar-refractivity contribution < 1.29 is 9.59 Å². The molecule has 1 saturated heterocycles. The van der Waals surface area contributed by atoms with Crippen molar-refractivity contribution in [3.63, 3.8) is 0 Å². The molecule has 0 unspecified atom stereocenters. The van der Waals surface area contributed by atoms with Gasteiger partial charge in [-0.25, -0.2) is 0 Å². The zero-order chi connectivity index (χ0) is 11.4. The normalized spacial score (nSPS) is 15.0. The van der Waals surface area contributed by atoms with Gasteiger partial charge in [0.15, 0.2) is 0 Å². The lowest BCUT2D eigenvalue weighted by Gasteiger charge is -2.17. The minimum absolute atomic E-state index is 0.0602. The first-order valence-electron chi connectivity index (χ1n) is 5.39. The number of nitrogens with zero attached hydrogens (tertiary/aromatic N) is 1. The predicted molar refractivity (Wildman–Crippen MR) is 60.9 cm³/mol. The standard InChI is InChI=1S/C12H14N2O2/c15-9-1-2-10-3-5-11(6-4-10)14-8-7-12(16)13-14/h3-6,9H,1-2,7-8H2,(H,13,16). The summed E-state index contributed by atoms with van der Waals surface area (Å²) in [5.74, 6) is 0.0602. The van der Waals surface area contributed by atoms with Crippen LogP contribution in [0.5, 0.6) is 0 Å². The fourth-order valence-electron chi connectivity index (χ4n) is 1.74. The molecule has 0 aliphatic carbocycles. The van der Waals surface area contributed by atoms with Crippen LogP contribution in [-0.2, 0) is 16.0 Å². The molecule has 4 nitrogen and oxygen atoms in total. The highest BCUT2D eigenvalue weighted by Gasteiger charge is 2.17. The van der Waals surface area contributed by atoms with Gasteiger partial charge in [-0.15, -0.1) is 0 Å². The lowest BCUT2D eigenvalue weighted by molar-refractivity contribution is -0.119. The largest absolute Gasteiger partial charge is 0.303 e. The lowest BCUT2D eigenvalue weighted by Crippen LogP contribution is -2.32. The molecule has 84 valence electrons. The molecular weight excluding hydrogens is 204 g/mol. The lowest BCUT2D eigenvalue weighted by atomic mass is 10.1. The number of amides is 1. The van der Waals surface area contributed by atoms with Crippen LogP contribution in [0.25, 0.3) is 0 Å². The van der Waals surface area contributed by atoms with Gasteiger partial charge in [0.25, 0.3) is 0 Å². The van der Waals surface area contributed by atoms with E-state index in [0.29, 0.717) is 19.4 Å². The monoisotopic (exact) mass is 218 g/mol. The van der Waals surface area contributed by atoms with E-state index in [0.717, 1.165) is 24.0 Å². The summed E-state index contributed by atoms with van der Waals surface area (Å²) in [5.41, 5.74) is 4.90. The molecule has 1 N–H and O–H groups in total. The van der Waals surface area contributed by atoms with E-state index in [1.807, 2.05) is 29.3 Å². The van der Waals surface area contributed by atoms with Crippen molar-refractivity contribution in [3.05, 3.63) is 29.8 Å². The Morgan fingerprint density at radius 2 is 2.06 bits per heavy atom. The van der Waals surface area contributed by atoms with Gasteiger partial charge in [-0.3, -0.25) is 15.2 Å². The Kier molecular flexibility index (Phi) is 3.19. The van der Waals surface area contributed by atoms with Crippen LogP contribution in [0.15, 0.2) is 24.3 Å². The summed E-state index contributed by atoms with van der Waals surface area (Å²) >= 11 is 0. The average molecular weight is 218 g/mol. The number of carbonyl (C=O) groups excluding carboxylic acids is 2. The van der Waals surface area contributed by atoms with Gasteiger partial charge < -0.3 is 4.79 Å². The number of anilines is 1. The number of hydrazine groups is 1. The van der Waals surface area contributed by atoms with Gasteiger partial charge in [-0.1, -0.05) is 12.1 Å². The summed E-state index contributed by atoms with van der Waals surface area (Å²) in [6, 6.07) is 7.91. The molecule has 0 spiro atoms. The SMILES string of the molecule is O=CCCc1ccc(N2CCC(=O)N2)cc1. The molecule has 1 heterocycles. The summed E-state index contributed by atoms with van der Waals surface area (Å²) in [5, 5.41) is 1.84. The third-order valence-corrected chi connectivity index (χ3v) is 2.62. The quantitative estimate of drug-likeness (QED) is 0.769. The Morgan fingerprint density at radius 3 is 2.62 bits per heavy atom. The van der Waals surface area contributed by atoms with Gasteiger partial charge in [0.1, 0.15) is 6.29 Å². The Balaban J connectivity index is 2.01. The zero-order valence-corrected chi connectivity index (χ0v) is 8.98. The highest BCUT2D eigenvalue weighted by molar-refractivity contribution is 5.81. The maximum absolute atomic E-state index is 11.0. The number of hydrogen-bond donors (Lipinski definition) is 1. The molecule has 0 atom stereocenters. The van der Waals surface area contributed by atoms with Gasteiger partial charge in [-0.2, -0.15) is 0 Å². The Bertz CT molecular complexity index is 387. The summed E-state index contributed by atoms with van der Waals surface area (Å²) in [6.07, 6.45) is 2.80. The molecule has 0 radical (unpaired) electrons. The van der Waals surface area contributed by atoms with Crippen LogP contribution in [-0.4, -0.2) is 18.7 Å². The van der Waals surface area contributed by atoms with E-state index in [9.17, 15) is 9.59 Å². The number of rotatable bonds is 4. The highest BCUT2D eigenvalue weighted by atomic mass is 16.2. The summed E-state index contributed by atoms with van der Waals surface area (Å²) < 4.78 is 0. The van der Waals surface area contributed by atoms with Crippen LogP contribution < -0.4 is 10.4 Å². The molecule has 1 fully saturated rings. The third-order valence-electron chi connectivity index (χ3n) is 2.62. The molecular formula is C12H14N2O2. The van der Waals surface area contributed by atoms with Crippen LogP contribution in [0.2, 0.25) is 0 Å². The summed E-state index contributed by atoms with van der Waals surface area (Å²) in [4.78, 5) is 21.3. The van der Waals surface area contributed by atoms with Gasteiger partial charge in [0, 0.05) is 19.4 Å². The molecule has 16 heavy (non-hydrogen) atoms. The fraction of sp³-hybridized carbons (Fsp3) is 0.333. The van der Waals surface area contributed by atoms with Crippen molar-refractivity contribution in [1.29, 1.82) is 0 Å². The van der Waals surface area contributed by atoms with Gasteiger partial charge >= 0.3 is 0 Å². The first kappa shape index (κ1) is 10.7. The number of aldehydes is 1. The van der Waals surface area contributed by atoms with E-state index in [2.05, 4.69) is 5.43 Å². The van der Waals surface area contributed by atoms with Crippen molar-refractivity contribution in [2.75, 3.05) is 11.6 Å². The minimum atomic E-state index is 0.0602. The minimum Gasteiger partial charge on any atom is -0.303 e. The highest BCUT2D eigenvalue weighted by Crippen LogP contribution is 2.17. The molecule has 1 aromatic carbocycles. The first-order chi connectivity index (χ1) is 7.79. The van der Waals surface area contributed by atoms with Gasteiger partial charge in [-0.05, 0) is 24.1 Å². The maximum atomic E-state index is 11.0. The predicted octanol–water partition coefficient (Wildman–Crippen LogP) is 1.06. The molecule has 1 aromatic rings. The number of hydrogen-bond acceptors (Lipinski definition) is 3. The van der Waals surface area contributed by atoms with Crippen molar-refractivity contribution in [1.82, 2.24) is 5.43 Å². The molecule has 0 saturated carbocycles. The summed E-state index contributed by atoms with van der Waals surface area (Å²) in [6.45, 7) is 0.715. The zero-order valence-electron chi connectivity index (χ0n) is 8.98. The number of nitrogens with one attached hydrogen (secondary N) is 1. The van der Waals surface area contributed by atoms with Crippen LogP contribution in [0.3, 0.4) is 0 Å². The fourth-order valence-corrected chi connectivity index (χ4v) is 1.74. The van der Waals surface area contributed by atoms with E-state index < -0.39 is 0 Å². The molecule has 2 rings (SSSR count). The van der Waals surface area contributed by atoms with Crippen LogP contribution in [0, 0.1) is 0 Å². The molecule has 1 amide bonds. The Hall–Kier alpha value is -1.84. The molecule has 1 aliphatic heterocycles.